The molecule has 0 unspecified atom stereocenters. The van der Waals surface area contributed by atoms with Crippen LogP contribution in [0.25, 0.3) is 0 Å². The molecule has 1 saturated heterocycles. The lowest BCUT2D eigenvalue weighted by Crippen LogP contribution is -2.40. The fourth-order valence-corrected chi connectivity index (χ4v) is 2.67. The number of alkyl halides is 2. The van der Waals surface area contributed by atoms with Crippen LogP contribution in [0.4, 0.5) is 13.2 Å². The van der Waals surface area contributed by atoms with Gasteiger partial charge in [-0.1, -0.05) is 0 Å². The van der Waals surface area contributed by atoms with Crippen LogP contribution in [0.3, 0.4) is 0 Å². The first-order valence-electron chi connectivity index (χ1n) is 7.19. The van der Waals surface area contributed by atoms with Crippen LogP contribution in [0.2, 0.25) is 0 Å². The minimum absolute atomic E-state index is 0.0335. The van der Waals surface area contributed by atoms with Gasteiger partial charge in [-0.2, -0.15) is 8.78 Å². The van der Waals surface area contributed by atoms with Crippen molar-refractivity contribution >= 4 is 5.91 Å². The maximum Gasteiger partial charge on any atom is 0.387 e. The van der Waals surface area contributed by atoms with Crippen molar-refractivity contribution in [3.63, 3.8) is 0 Å². The molecule has 1 aromatic rings. The summed E-state index contributed by atoms with van der Waals surface area (Å²) in [5, 5.41) is 3.10. The summed E-state index contributed by atoms with van der Waals surface area (Å²) in [5.41, 5.74) is -0.0335. The molecule has 0 saturated carbocycles. The Kier molecular flexibility index (Phi) is 5.65. The normalized spacial score (nSPS) is 16.1. The molecule has 7 heteroatoms. The van der Waals surface area contributed by atoms with Gasteiger partial charge < -0.3 is 15.0 Å². The second-order valence-electron chi connectivity index (χ2n) is 5.31. The van der Waals surface area contributed by atoms with Gasteiger partial charge in [0.1, 0.15) is 11.6 Å². The zero-order valence-electron chi connectivity index (χ0n) is 12.3. The molecular weight excluding hydrogens is 297 g/mol. The van der Waals surface area contributed by atoms with Gasteiger partial charge in [-0.25, -0.2) is 4.39 Å². The number of benzene rings is 1. The third kappa shape index (κ3) is 4.13. The molecule has 4 nitrogen and oxygen atoms in total. The predicted octanol–water partition coefficient (Wildman–Crippen LogP) is 2.50. The molecule has 22 heavy (non-hydrogen) atoms. The number of hydrogen-bond donors (Lipinski definition) is 1. The largest absolute Gasteiger partial charge is 0.434 e. The standard InChI is InChI=1S/C15H19F3N2O2/c1-19-9-10-4-6-20(7-5-10)14(21)12-3-2-11(16)8-13(12)22-15(17)18/h2-3,8,10,15,19H,4-7,9H2,1H3. The van der Waals surface area contributed by atoms with E-state index in [1.807, 2.05) is 7.05 Å². The van der Waals surface area contributed by atoms with E-state index in [1.54, 1.807) is 4.90 Å². The first-order valence-corrected chi connectivity index (χ1v) is 7.19. The molecule has 1 fully saturated rings. The smallest absolute Gasteiger partial charge is 0.387 e. The molecule has 0 aliphatic carbocycles. The van der Waals surface area contributed by atoms with Crippen LogP contribution >= 0.6 is 0 Å². The fraction of sp³-hybridized carbons (Fsp3) is 0.533. The molecule has 1 amide bonds. The number of nitrogens with zero attached hydrogens (tertiary/aromatic N) is 1. The van der Waals surface area contributed by atoms with Gasteiger partial charge in [-0.05, 0) is 44.5 Å². The minimum Gasteiger partial charge on any atom is -0.434 e. The summed E-state index contributed by atoms with van der Waals surface area (Å²) in [4.78, 5) is 14.0. The Morgan fingerprint density at radius 2 is 2.09 bits per heavy atom. The monoisotopic (exact) mass is 316 g/mol. The number of carbonyl (C=O) groups is 1. The first kappa shape index (κ1) is 16.6. The van der Waals surface area contributed by atoms with Gasteiger partial charge in [0, 0.05) is 19.2 Å². The number of amides is 1. The number of hydrogen-bond acceptors (Lipinski definition) is 3. The quantitative estimate of drug-likeness (QED) is 0.907. The van der Waals surface area contributed by atoms with E-state index in [0.29, 0.717) is 19.0 Å². The van der Waals surface area contributed by atoms with E-state index in [2.05, 4.69) is 10.1 Å². The Morgan fingerprint density at radius 1 is 1.41 bits per heavy atom. The van der Waals surface area contributed by atoms with E-state index in [4.69, 9.17) is 0 Å². The van der Waals surface area contributed by atoms with E-state index in [0.717, 1.165) is 31.5 Å². The number of rotatable bonds is 5. The molecule has 0 bridgehead atoms. The summed E-state index contributed by atoms with van der Waals surface area (Å²) < 4.78 is 42.2. The summed E-state index contributed by atoms with van der Waals surface area (Å²) >= 11 is 0. The van der Waals surface area contributed by atoms with E-state index in [-0.39, 0.29) is 5.56 Å². The lowest BCUT2D eigenvalue weighted by molar-refractivity contribution is -0.0504. The van der Waals surface area contributed by atoms with Gasteiger partial charge in [-0.15, -0.1) is 0 Å². The van der Waals surface area contributed by atoms with Crippen molar-refractivity contribution in [1.29, 1.82) is 0 Å². The summed E-state index contributed by atoms with van der Waals surface area (Å²) in [7, 11) is 1.88. The van der Waals surface area contributed by atoms with Gasteiger partial charge >= 0.3 is 6.61 Å². The van der Waals surface area contributed by atoms with Crippen molar-refractivity contribution in [3.8, 4) is 5.75 Å². The Bertz CT molecular complexity index is 518. The van der Waals surface area contributed by atoms with Crippen molar-refractivity contribution in [2.45, 2.75) is 19.5 Å². The number of ether oxygens (including phenoxy) is 1. The van der Waals surface area contributed by atoms with Gasteiger partial charge in [0.15, 0.2) is 0 Å². The zero-order chi connectivity index (χ0) is 16.1. The highest BCUT2D eigenvalue weighted by atomic mass is 19.3. The maximum absolute atomic E-state index is 13.2. The summed E-state index contributed by atoms with van der Waals surface area (Å²) in [6, 6.07) is 3.07. The molecule has 122 valence electrons. The SMILES string of the molecule is CNCC1CCN(C(=O)c2ccc(F)cc2OC(F)F)CC1. The van der Waals surface area contributed by atoms with Crippen LogP contribution in [0, 0.1) is 11.7 Å². The lowest BCUT2D eigenvalue weighted by atomic mass is 9.96. The second kappa shape index (κ2) is 7.49. The Morgan fingerprint density at radius 3 is 2.68 bits per heavy atom. The molecule has 1 aromatic carbocycles. The summed E-state index contributed by atoms with van der Waals surface area (Å²) in [5.74, 6) is -1.05. The van der Waals surface area contributed by atoms with Crippen molar-refractivity contribution in [2.24, 2.45) is 5.92 Å². The molecular formula is C15H19F3N2O2. The van der Waals surface area contributed by atoms with Gasteiger partial charge in [0.25, 0.3) is 5.91 Å². The second-order valence-corrected chi connectivity index (χ2v) is 5.31. The maximum atomic E-state index is 13.2. The van der Waals surface area contributed by atoms with Crippen LogP contribution in [0.15, 0.2) is 18.2 Å². The van der Waals surface area contributed by atoms with Crippen LogP contribution in [-0.4, -0.2) is 44.1 Å². The number of likely N-dealkylation sites (tertiary alicyclic amines) is 1. The number of piperidine rings is 1. The van der Waals surface area contributed by atoms with E-state index in [1.165, 1.54) is 6.07 Å². The van der Waals surface area contributed by atoms with Gasteiger partial charge in [0.05, 0.1) is 5.56 Å². The fourth-order valence-electron chi connectivity index (χ4n) is 2.67. The molecule has 1 aliphatic heterocycles. The highest BCUT2D eigenvalue weighted by molar-refractivity contribution is 5.97. The van der Waals surface area contributed by atoms with Crippen molar-refractivity contribution in [3.05, 3.63) is 29.6 Å². The Balaban J connectivity index is 2.09. The molecule has 0 atom stereocenters. The average Bonchev–Trinajstić information content (AvgIpc) is 2.47. The highest BCUT2D eigenvalue weighted by Gasteiger charge is 2.26. The van der Waals surface area contributed by atoms with Crippen LogP contribution in [0.1, 0.15) is 23.2 Å². The third-order valence-electron chi connectivity index (χ3n) is 3.78. The van der Waals surface area contributed by atoms with Crippen molar-refractivity contribution in [2.75, 3.05) is 26.7 Å². The Hall–Kier alpha value is -1.76. The van der Waals surface area contributed by atoms with Crippen LogP contribution < -0.4 is 10.1 Å². The number of halogens is 3. The van der Waals surface area contributed by atoms with Gasteiger partial charge in [0.2, 0.25) is 0 Å². The molecule has 0 radical (unpaired) electrons. The molecule has 0 spiro atoms. The average molecular weight is 316 g/mol. The van der Waals surface area contributed by atoms with E-state index >= 15 is 0 Å². The highest BCUT2D eigenvalue weighted by Crippen LogP contribution is 2.26. The van der Waals surface area contributed by atoms with Gasteiger partial charge in [-0.3, -0.25) is 4.79 Å². The number of nitrogens with one attached hydrogen (secondary N) is 1. The topological polar surface area (TPSA) is 41.6 Å². The Labute approximate surface area is 127 Å². The summed E-state index contributed by atoms with van der Waals surface area (Å²) in [6.45, 7) is -1.11. The lowest BCUT2D eigenvalue weighted by Gasteiger charge is -2.32. The predicted molar refractivity (Wildman–Crippen MR) is 75.6 cm³/mol. The molecule has 0 aromatic heterocycles. The molecule has 1 N–H and O–H groups in total. The molecule has 1 aliphatic rings. The third-order valence-corrected chi connectivity index (χ3v) is 3.78. The van der Waals surface area contributed by atoms with Crippen LogP contribution in [-0.2, 0) is 0 Å². The van der Waals surface area contributed by atoms with E-state index < -0.39 is 24.1 Å². The summed E-state index contributed by atoms with van der Waals surface area (Å²) in [6.07, 6.45) is 1.69. The van der Waals surface area contributed by atoms with E-state index in [9.17, 15) is 18.0 Å². The molecule has 1 heterocycles. The zero-order valence-corrected chi connectivity index (χ0v) is 12.3. The first-order chi connectivity index (χ1) is 10.5. The minimum atomic E-state index is -3.10. The van der Waals surface area contributed by atoms with Crippen molar-refractivity contribution in [1.82, 2.24) is 10.2 Å². The number of carbonyl (C=O) groups excluding carboxylic acids is 1. The molecule has 2 rings (SSSR count). The van der Waals surface area contributed by atoms with Crippen molar-refractivity contribution < 1.29 is 22.7 Å². The van der Waals surface area contributed by atoms with Crippen LogP contribution in [0.5, 0.6) is 5.75 Å².